The molecule has 4 rings (SSSR count). The Balaban J connectivity index is 1.51. The molecule has 4 aromatic rings. The van der Waals surface area contributed by atoms with Gasteiger partial charge in [0.25, 0.3) is 0 Å². The number of amides is 1. The van der Waals surface area contributed by atoms with E-state index in [-0.39, 0.29) is 11.8 Å². The van der Waals surface area contributed by atoms with Crippen molar-refractivity contribution in [3.8, 4) is 10.6 Å². The van der Waals surface area contributed by atoms with E-state index in [1.807, 2.05) is 61.5 Å². The predicted molar refractivity (Wildman–Crippen MR) is 118 cm³/mol. The van der Waals surface area contributed by atoms with Crippen molar-refractivity contribution < 1.29 is 4.79 Å². The van der Waals surface area contributed by atoms with Gasteiger partial charge in [-0.05, 0) is 60.9 Å². The van der Waals surface area contributed by atoms with E-state index in [2.05, 4.69) is 30.4 Å². The monoisotopic (exact) mass is 386 g/mol. The molecule has 1 aromatic heterocycles. The third-order valence-electron chi connectivity index (χ3n) is 4.87. The van der Waals surface area contributed by atoms with Crippen molar-refractivity contribution in [2.75, 3.05) is 5.32 Å². The molecule has 1 N–H and O–H groups in total. The van der Waals surface area contributed by atoms with Gasteiger partial charge in [-0.25, -0.2) is 4.98 Å². The van der Waals surface area contributed by atoms with Crippen molar-refractivity contribution in [3.63, 3.8) is 0 Å². The van der Waals surface area contributed by atoms with Crippen LogP contribution in [0, 0.1) is 6.92 Å². The maximum Gasteiger partial charge on any atom is 0.231 e. The van der Waals surface area contributed by atoms with Gasteiger partial charge in [0.15, 0.2) is 0 Å². The molecule has 0 aliphatic heterocycles. The Morgan fingerprint density at radius 1 is 1.04 bits per heavy atom. The van der Waals surface area contributed by atoms with Crippen molar-refractivity contribution in [2.24, 2.45) is 0 Å². The first kappa shape index (κ1) is 18.4. The second-order valence-corrected chi connectivity index (χ2v) is 7.96. The van der Waals surface area contributed by atoms with E-state index in [1.165, 1.54) is 10.3 Å². The number of benzene rings is 3. The summed E-state index contributed by atoms with van der Waals surface area (Å²) in [6.07, 6.45) is 0.763. The lowest BCUT2D eigenvalue weighted by Crippen LogP contribution is -2.20. The second-order valence-electron chi connectivity index (χ2n) is 6.93. The molecule has 4 heteroatoms. The number of anilines is 1. The molecule has 1 heterocycles. The minimum Gasteiger partial charge on any atom is -0.326 e. The number of hydrogen-bond acceptors (Lipinski definition) is 3. The largest absolute Gasteiger partial charge is 0.326 e. The number of hydrogen-bond donors (Lipinski definition) is 1. The number of carbonyl (C=O) groups excluding carboxylic acids is 1. The third kappa shape index (κ3) is 3.82. The molecule has 0 spiro atoms. The number of carbonyl (C=O) groups is 1. The van der Waals surface area contributed by atoms with E-state index in [9.17, 15) is 4.79 Å². The van der Waals surface area contributed by atoms with Crippen LogP contribution in [0.15, 0.2) is 72.8 Å². The molecule has 1 amide bonds. The van der Waals surface area contributed by atoms with Crippen molar-refractivity contribution in [3.05, 3.63) is 83.9 Å². The molecule has 3 aromatic carbocycles. The van der Waals surface area contributed by atoms with Gasteiger partial charge in [0, 0.05) is 11.3 Å². The highest BCUT2D eigenvalue weighted by molar-refractivity contribution is 7.21. The molecule has 0 radical (unpaired) electrons. The Hall–Kier alpha value is -2.98. The summed E-state index contributed by atoms with van der Waals surface area (Å²) in [5.41, 5.74) is 5.18. The fraction of sp³-hybridized carbons (Fsp3) is 0.167. The lowest BCUT2D eigenvalue weighted by atomic mass is 9.95. The van der Waals surface area contributed by atoms with Crippen LogP contribution in [0.4, 0.5) is 5.69 Å². The van der Waals surface area contributed by atoms with Gasteiger partial charge in [-0.2, -0.15) is 0 Å². The highest BCUT2D eigenvalue weighted by atomic mass is 32.1. The van der Waals surface area contributed by atoms with E-state index < -0.39 is 0 Å². The average Bonchev–Trinajstić information content (AvgIpc) is 3.13. The van der Waals surface area contributed by atoms with E-state index in [0.29, 0.717) is 0 Å². The number of thiazole rings is 1. The number of aromatic nitrogens is 1. The molecule has 28 heavy (non-hydrogen) atoms. The van der Waals surface area contributed by atoms with Crippen LogP contribution >= 0.6 is 11.3 Å². The van der Waals surface area contributed by atoms with Crippen LogP contribution in [0.25, 0.3) is 20.8 Å². The normalized spacial score (nSPS) is 12.1. The molecule has 3 nitrogen and oxygen atoms in total. The van der Waals surface area contributed by atoms with Crippen molar-refractivity contribution >= 4 is 33.1 Å². The highest BCUT2D eigenvalue weighted by Crippen LogP contribution is 2.31. The van der Waals surface area contributed by atoms with Crippen molar-refractivity contribution in [1.82, 2.24) is 4.98 Å². The molecule has 0 aliphatic rings. The SMILES string of the molecule is CC[C@H](C(=O)Nc1ccc(-c2nc3ccc(C)cc3s2)cc1)c1ccccc1. The van der Waals surface area contributed by atoms with Crippen LogP contribution in [0.1, 0.15) is 30.4 Å². The first-order valence-corrected chi connectivity index (χ1v) is 10.3. The molecule has 1 atom stereocenters. The van der Waals surface area contributed by atoms with Gasteiger partial charge in [0.2, 0.25) is 5.91 Å². The van der Waals surface area contributed by atoms with Gasteiger partial charge in [-0.3, -0.25) is 4.79 Å². The molecule has 0 fully saturated rings. The number of nitrogens with one attached hydrogen (secondary N) is 1. The Labute approximate surface area is 169 Å². The number of rotatable bonds is 5. The maximum absolute atomic E-state index is 12.7. The summed E-state index contributed by atoms with van der Waals surface area (Å²) in [5, 5.41) is 4.04. The van der Waals surface area contributed by atoms with Crippen LogP contribution in [0.5, 0.6) is 0 Å². The van der Waals surface area contributed by atoms with Gasteiger partial charge >= 0.3 is 0 Å². The van der Waals surface area contributed by atoms with Gasteiger partial charge in [0.05, 0.1) is 16.1 Å². The fourth-order valence-corrected chi connectivity index (χ4v) is 4.41. The topological polar surface area (TPSA) is 42.0 Å². The minimum absolute atomic E-state index is 0.0249. The molecule has 0 aliphatic carbocycles. The fourth-order valence-electron chi connectivity index (χ4n) is 3.34. The molecule has 0 unspecified atom stereocenters. The summed E-state index contributed by atoms with van der Waals surface area (Å²) in [6.45, 7) is 4.13. The standard InChI is InChI=1S/C24H22N2OS/c1-3-20(17-7-5-4-6-8-17)23(27)25-19-12-10-18(11-13-19)24-26-21-14-9-16(2)15-22(21)28-24/h4-15,20H,3H2,1-2H3,(H,25,27)/t20-/m0/s1. The maximum atomic E-state index is 12.7. The summed E-state index contributed by atoms with van der Waals surface area (Å²) >= 11 is 1.69. The van der Waals surface area contributed by atoms with Crippen molar-refractivity contribution in [1.29, 1.82) is 0 Å². The summed E-state index contributed by atoms with van der Waals surface area (Å²) in [6, 6.07) is 24.2. The van der Waals surface area contributed by atoms with Crippen molar-refractivity contribution in [2.45, 2.75) is 26.2 Å². The smallest absolute Gasteiger partial charge is 0.231 e. The summed E-state index contributed by atoms with van der Waals surface area (Å²) in [7, 11) is 0. The van der Waals surface area contributed by atoms with Crippen LogP contribution in [0.2, 0.25) is 0 Å². The molecular weight excluding hydrogens is 364 g/mol. The minimum atomic E-state index is -0.145. The zero-order valence-electron chi connectivity index (χ0n) is 16.0. The Kier molecular flexibility index (Phi) is 5.22. The Morgan fingerprint density at radius 2 is 1.79 bits per heavy atom. The molecule has 0 bridgehead atoms. The summed E-state index contributed by atoms with van der Waals surface area (Å²) in [5.74, 6) is -0.120. The van der Waals surface area contributed by atoms with Gasteiger partial charge in [-0.1, -0.05) is 43.3 Å². The zero-order chi connectivity index (χ0) is 19.5. The first-order chi connectivity index (χ1) is 13.6. The van der Waals surface area contributed by atoms with Crippen LogP contribution in [-0.4, -0.2) is 10.9 Å². The second kappa shape index (κ2) is 7.95. The van der Waals surface area contributed by atoms with Crippen LogP contribution in [-0.2, 0) is 4.79 Å². The molecule has 140 valence electrons. The lowest BCUT2D eigenvalue weighted by molar-refractivity contribution is -0.117. The van der Waals surface area contributed by atoms with Crippen LogP contribution in [0.3, 0.4) is 0 Å². The van der Waals surface area contributed by atoms with E-state index in [0.717, 1.165) is 33.8 Å². The van der Waals surface area contributed by atoms with Gasteiger partial charge < -0.3 is 5.32 Å². The Bertz CT molecular complexity index is 1100. The first-order valence-electron chi connectivity index (χ1n) is 9.47. The molecular formula is C24H22N2OS. The van der Waals surface area contributed by atoms with E-state index in [1.54, 1.807) is 11.3 Å². The number of fused-ring (bicyclic) bond motifs is 1. The molecule has 0 saturated carbocycles. The summed E-state index contributed by atoms with van der Waals surface area (Å²) in [4.78, 5) is 17.5. The van der Waals surface area contributed by atoms with Crippen LogP contribution < -0.4 is 5.32 Å². The predicted octanol–water partition coefficient (Wildman–Crippen LogP) is 6.40. The van der Waals surface area contributed by atoms with E-state index in [4.69, 9.17) is 4.98 Å². The quantitative estimate of drug-likeness (QED) is 0.431. The number of nitrogens with zero attached hydrogens (tertiary/aromatic N) is 1. The molecule has 0 saturated heterocycles. The van der Waals surface area contributed by atoms with Gasteiger partial charge in [-0.15, -0.1) is 11.3 Å². The lowest BCUT2D eigenvalue weighted by Gasteiger charge is -2.15. The Morgan fingerprint density at radius 3 is 2.50 bits per heavy atom. The number of aryl methyl sites for hydroxylation is 1. The highest BCUT2D eigenvalue weighted by Gasteiger charge is 2.18. The third-order valence-corrected chi connectivity index (χ3v) is 5.94. The average molecular weight is 387 g/mol. The zero-order valence-corrected chi connectivity index (χ0v) is 16.8. The van der Waals surface area contributed by atoms with Gasteiger partial charge in [0.1, 0.15) is 5.01 Å². The van der Waals surface area contributed by atoms with E-state index >= 15 is 0 Å². The summed E-state index contributed by atoms with van der Waals surface area (Å²) < 4.78 is 1.20.